The van der Waals surface area contributed by atoms with E-state index in [2.05, 4.69) is 10.6 Å². The zero-order chi connectivity index (χ0) is 27.0. The Morgan fingerprint density at radius 2 is 1.72 bits per heavy atom. The fourth-order valence-electron chi connectivity index (χ4n) is 3.14. The highest BCUT2D eigenvalue weighted by Crippen LogP contribution is 2.53. The summed E-state index contributed by atoms with van der Waals surface area (Å²) in [6.45, 7) is 0.946. The minimum Gasteiger partial charge on any atom is -0.326 e. The van der Waals surface area contributed by atoms with E-state index in [1.54, 1.807) is 5.32 Å². The number of nitrogens with one attached hydrogen (secondary N) is 3. The molecule has 14 heteroatoms. The second kappa shape index (κ2) is 10.4. The van der Waals surface area contributed by atoms with Crippen LogP contribution >= 0.6 is 34.8 Å². The van der Waals surface area contributed by atoms with E-state index < -0.39 is 69.5 Å². The van der Waals surface area contributed by atoms with Gasteiger partial charge in [0.1, 0.15) is 15.8 Å². The Hall–Kier alpha value is -2.63. The molecule has 3 rings (SSSR count). The molecule has 2 aromatic carbocycles. The summed E-state index contributed by atoms with van der Waals surface area (Å²) in [6.07, 6.45) is -5.91. The molecule has 3 N–H and O–H groups in total. The lowest BCUT2D eigenvalue weighted by Crippen LogP contribution is -2.26. The van der Waals surface area contributed by atoms with E-state index in [1.165, 1.54) is 18.2 Å². The number of rotatable bonds is 7. The molecular weight excluding hydrogens is 556 g/mol. The Bertz CT molecular complexity index is 1220. The maximum atomic E-state index is 14.9. The van der Waals surface area contributed by atoms with Crippen LogP contribution in [0.2, 0.25) is 5.02 Å². The first kappa shape index (κ1) is 27.9. The van der Waals surface area contributed by atoms with Gasteiger partial charge in [0.2, 0.25) is 11.8 Å². The summed E-state index contributed by atoms with van der Waals surface area (Å²) in [6, 6.07) is 5.46. The molecule has 1 fully saturated rings. The van der Waals surface area contributed by atoms with Crippen LogP contribution in [0.4, 0.5) is 39.0 Å². The number of hydrogen-bond acceptors (Lipinski definition) is 3. The van der Waals surface area contributed by atoms with Crippen molar-refractivity contribution in [2.45, 2.75) is 30.3 Å². The normalized spacial score (nSPS) is 17.2. The zero-order valence-electron chi connectivity index (χ0n) is 18.2. The first-order valence-electron chi connectivity index (χ1n) is 10.2. The van der Waals surface area contributed by atoms with Crippen molar-refractivity contribution in [3.05, 3.63) is 52.6 Å². The average molecular weight is 573 g/mol. The third kappa shape index (κ3) is 6.77. The highest BCUT2D eigenvalue weighted by Gasteiger charge is 2.56. The highest BCUT2D eigenvalue weighted by atomic mass is 35.5. The van der Waals surface area contributed by atoms with E-state index in [0.717, 1.165) is 13.0 Å². The molecule has 0 radical (unpaired) electrons. The molecule has 36 heavy (non-hydrogen) atoms. The summed E-state index contributed by atoms with van der Waals surface area (Å²) in [5.41, 5.74) is -1.65. The van der Waals surface area contributed by atoms with Gasteiger partial charge in [0.15, 0.2) is 5.82 Å². The number of carbonyl (C=O) groups excluding carboxylic acids is 3. The number of carbonyl (C=O) groups is 3. The van der Waals surface area contributed by atoms with E-state index >= 15 is 0 Å². The smallest absolute Gasteiger partial charge is 0.326 e. The zero-order valence-corrected chi connectivity index (χ0v) is 20.5. The van der Waals surface area contributed by atoms with Crippen LogP contribution in [0.1, 0.15) is 30.1 Å². The third-order valence-corrected chi connectivity index (χ3v) is 6.36. The van der Waals surface area contributed by atoms with E-state index in [-0.39, 0.29) is 22.7 Å². The summed E-state index contributed by atoms with van der Waals surface area (Å²) >= 11 is 17.8. The Morgan fingerprint density at radius 1 is 1.08 bits per heavy atom. The molecule has 194 valence electrons. The van der Waals surface area contributed by atoms with E-state index in [1.807, 2.05) is 0 Å². The van der Waals surface area contributed by atoms with Gasteiger partial charge in [-0.1, -0.05) is 18.5 Å². The van der Waals surface area contributed by atoms with Crippen molar-refractivity contribution in [3.8, 4) is 0 Å². The second-order valence-corrected chi connectivity index (χ2v) is 10.1. The third-order valence-electron chi connectivity index (χ3n) is 5.19. The van der Waals surface area contributed by atoms with Gasteiger partial charge in [-0.15, -0.1) is 23.2 Å². The van der Waals surface area contributed by atoms with E-state index in [0.29, 0.717) is 6.07 Å². The van der Waals surface area contributed by atoms with Crippen molar-refractivity contribution in [1.82, 2.24) is 0 Å². The molecule has 0 aliphatic heterocycles. The summed E-state index contributed by atoms with van der Waals surface area (Å²) in [7, 11) is 0. The van der Waals surface area contributed by atoms with Gasteiger partial charge in [-0.3, -0.25) is 14.4 Å². The number of hydrogen-bond donors (Lipinski definition) is 3. The van der Waals surface area contributed by atoms with Crippen LogP contribution in [0.15, 0.2) is 30.3 Å². The quantitative estimate of drug-likeness (QED) is 0.260. The van der Waals surface area contributed by atoms with Gasteiger partial charge in [-0.2, -0.15) is 13.2 Å². The molecule has 0 aromatic heterocycles. The number of alkyl halides is 5. The molecule has 0 saturated heterocycles. The minimum absolute atomic E-state index is 0.0713. The van der Waals surface area contributed by atoms with Crippen molar-refractivity contribution in [1.29, 1.82) is 0 Å². The summed E-state index contributed by atoms with van der Waals surface area (Å²) < 4.78 is 65.4. The molecule has 2 aromatic rings. The van der Waals surface area contributed by atoms with Crippen LogP contribution in [0, 0.1) is 23.5 Å². The summed E-state index contributed by atoms with van der Waals surface area (Å²) in [4.78, 5) is 36.9. The predicted octanol–water partition coefficient (Wildman–Crippen LogP) is 6.53. The van der Waals surface area contributed by atoms with Crippen LogP contribution in [0.25, 0.3) is 0 Å². The number of anilines is 3. The number of amides is 3. The first-order valence-corrected chi connectivity index (χ1v) is 11.4. The van der Waals surface area contributed by atoms with Crippen LogP contribution in [-0.4, -0.2) is 28.2 Å². The summed E-state index contributed by atoms with van der Waals surface area (Å²) in [5.74, 6) is -7.68. The lowest BCUT2D eigenvalue weighted by atomic mass is 10.1. The van der Waals surface area contributed by atoms with Gasteiger partial charge >= 0.3 is 6.18 Å². The second-order valence-electron chi connectivity index (χ2n) is 8.15. The first-order chi connectivity index (χ1) is 16.6. The van der Waals surface area contributed by atoms with Gasteiger partial charge in [-0.25, -0.2) is 8.78 Å². The van der Waals surface area contributed by atoms with Crippen molar-refractivity contribution in [2.24, 2.45) is 11.8 Å². The van der Waals surface area contributed by atoms with Crippen molar-refractivity contribution >= 4 is 69.6 Å². The predicted molar refractivity (Wildman–Crippen MR) is 125 cm³/mol. The Kier molecular flexibility index (Phi) is 8.07. The Balaban J connectivity index is 1.77. The summed E-state index contributed by atoms with van der Waals surface area (Å²) in [5, 5.41) is 6.39. The SMILES string of the molecule is CC(CC(F)(F)F)C(=O)Nc1c(F)ccc(NC(=O)c2cc(NC(=O)[C@H]3CC3(Cl)Cl)ccc2Cl)c1F. The lowest BCUT2D eigenvalue weighted by Gasteiger charge is -2.16. The van der Waals surface area contributed by atoms with Crippen LogP contribution < -0.4 is 16.0 Å². The maximum Gasteiger partial charge on any atom is 0.389 e. The molecule has 1 aliphatic carbocycles. The lowest BCUT2D eigenvalue weighted by molar-refractivity contribution is -0.150. The highest BCUT2D eigenvalue weighted by molar-refractivity contribution is 6.52. The molecule has 0 bridgehead atoms. The molecule has 3 amide bonds. The Labute approximate surface area is 216 Å². The maximum absolute atomic E-state index is 14.9. The van der Waals surface area contributed by atoms with Gasteiger partial charge in [-0.05, 0) is 36.8 Å². The fourth-order valence-corrected chi connectivity index (χ4v) is 3.85. The van der Waals surface area contributed by atoms with Crippen molar-refractivity contribution in [2.75, 3.05) is 16.0 Å². The van der Waals surface area contributed by atoms with Crippen LogP contribution in [0.3, 0.4) is 0 Å². The molecular formula is C22H17Cl3F5N3O3. The monoisotopic (exact) mass is 571 g/mol. The van der Waals surface area contributed by atoms with E-state index in [9.17, 15) is 36.3 Å². The van der Waals surface area contributed by atoms with Gasteiger partial charge in [0.25, 0.3) is 5.91 Å². The van der Waals surface area contributed by atoms with Gasteiger partial charge in [0.05, 0.1) is 28.6 Å². The molecule has 1 saturated carbocycles. The molecule has 1 aliphatic rings. The van der Waals surface area contributed by atoms with Crippen LogP contribution in [-0.2, 0) is 9.59 Å². The van der Waals surface area contributed by atoms with Gasteiger partial charge in [0, 0.05) is 11.6 Å². The van der Waals surface area contributed by atoms with Gasteiger partial charge < -0.3 is 16.0 Å². The molecule has 6 nitrogen and oxygen atoms in total. The standard InChI is InChI=1S/C22H17Cl3F5N3O3/c1-9(7-22(28,29)30)18(34)33-17-14(26)4-5-15(16(17)27)32-19(35)11-6-10(2-3-13(11)23)31-20(36)12-8-21(12,24)25/h2-6,9,12H,7-8H2,1H3,(H,31,36)(H,32,35)(H,33,34)/t9?,12-/m1/s1. The number of benzene rings is 2. The molecule has 0 heterocycles. The average Bonchev–Trinajstić information content (AvgIpc) is 3.41. The molecule has 2 atom stereocenters. The minimum atomic E-state index is -4.66. The topological polar surface area (TPSA) is 87.3 Å². The Morgan fingerprint density at radius 3 is 2.31 bits per heavy atom. The fraction of sp³-hybridized carbons (Fsp3) is 0.318. The largest absolute Gasteiger partial charge is 0.389 e. The number of halogens is 8. The molecule has 0 spiro atoms. The van der Waals surface area contributed by atoms with E-state index in [4.69, 9.17) is 34.8 Å². The van der Waals surface area contributed by atoms with Crippen molar-refractivity contribution < 1.29 is 36.3 Å². The van der Waals surface area contributed by atoms with Crippen molar-refractivity contribution in [3.63, 3.8) is 0 Å². The van der Waals surface area contributed by atoms with Crippen LogP contribution in [0.5, 0.6) is 0 Å². The molecule has 1 unspecified atom stereocenters.